The van der Waals surface area contributed by atoms with E-state index in [0.717, 1.165) is 0 Å². The molecule has 0 saturated carbocycles. The van der Waals surface area contributed by atoms with E-state index in [9.17, 15) is 4.79 Å². The Morgan fingerprint density at radius 1 is 1.10 bits per heavy atom. The first-order valence-corrected chi connectivity index (χ1v) is 6.58. The van der Waals surface area contributed by atoms with Gasteiger partial charge in [-0.15, -0.1) is 0 Å². The fraction of sp³-hybridized carbons (Fsp3) is 0.0625. The van der Waals surface area contributed by atoms with Crippen LogP contribution in [0.2, 0.25) is 5.02 Å². The van der Waals surface area contributed by atoms with Gasteiger partial charge in [-0.25, -0.2) is 4.79 Å². The topological polar surface area (TPSA) is 61.4 Å². The molecule has 0 heterocycles. The highest BCUT2D eigenvalue weighted by Gasteiger charge is 2.03. The number of carbonyl (C=O) groups excluding carboxylic acids is 1. The number of halogens is 1. The Hall–Kier alpha value is -2.48. The Morgan fingerprint density at radius 2 is 1.76 bits per heavy atom. The summed E-state index contributed by atoms with van der Waals surface area (Å²) >= 11 is 5.85. The highest BCUT2D eigenvalue weighted by molar-refractivity contribution is 6.30. The summed E-state index contributed by atoms with van der Waals surface area (Å²) in [4.78, 5) is 11.9. The van der Waals surface area contributed by atoms with Gasteiger partial charge in [-0.1, -0.05) is 35.6 Å². The molecular weight excluding hydrogens is 288 g/mol. The molecule has 3 N–H and O–H groups in total. The van der Waals surface area contributed by atoms with Crippen molar-refractivity contribution in [3.05, 3.63) is 59.1 Å². The number of urea groups is 1. The van der Waals surface area contributed by atoms with Crippen LogP contribution in [0.25, 0.3) is 0 Å². The summed E-state index contributed by atoms with van der Waals surface area (Å²) in [5.41, 5.74) is 1.93. The average Bonchev–Trinajstić information content (AvgIpc) is 2.45. The van der Waals surface area contributed by atoms with Crippen molar-refractivity contribution in [1.82, 2.24) is 0 Å². The second-order valence-electron chi connectivity index (χ2n) is 4.13. The lowest BCUT2D eigenvalue weighted by atomic mass is 10.2. The molecular formula is C16H13ClN2O2. The number of benzene rings is 2. The number of aliphatic hydroxyl groups is 1. The zero-order valence-electron chi connectivity index (χ0n) is 11.1. The van der Waals surface area contributed by atoms with Gasteiger partial charge in [-0.05, 0) is 36.4 Å². The van der Waals surface area contributed by atoms with Crippen LogP contribution >= 0.6 is 11.6 Å². The molecule has 2 aromatic carbocycles. The molecule has 5 heteroatoms. The van der Waals surface area contributed by atoms with Gasteiger partial charge in [0.15, 0.2) is 0 Å². The Labute approximate surface area is 127 Å². The van der Waals surface area contributed by atoms with Gasteiger partial charge < -0.3 is 15.7 Å². The van der Waals surface area contributed by atoms with Gasteiger partial charge in [0, 0.05) is 22.0 Å². The highest BCUT2D eigenvalue weighted by atomic mass is 35.5. The third-order valence-corrected chi connectivity index (χ3v) is 2.75. The molecule has 0 unspecified atom stereocenters. The Bertz CT molecular complexity index is 705. The number of carbonyl (C=O) groups is 1. The Morgan fingerprint density at radius 3 is 2.43 bits per heavy atom. The summed E-state index contributed by atoms with van der Waals surface area (Å²) < 4.78 is 0. The van der Waals surface area contributed by atoms with Crippen LogP contribution in [0.4, 0.5) is 16.2 Å². The standard InChI is InChI=1S/C16H13ClN2O2/c17-13-6-2-8-15(11-13)19-16(21)18-14-7-1-4-12(10-14)5-3-9-20/h1-2,4,6-8,10-11,20H,9H2,(H2,18,19,21). The van der Waals surface area contributed by atoms with E-state index in [4.69, 9.17) is 16.7 Å². The first-order valence-electron chi connectivity index (χ1n) is 6.21. The smallest absolute Gasteiger partial charge is 0.323 e. The minimum absolute atomic E-state index is 0.201. The first-order chi connectivity index (χ1) is 10.2. The number of nitrogens with one attached hydrogen (secondary N) is 2. The normalized spacial score (nSPS) is 9.43. The number of hydrogen-bond acceptors (Lipinski definition) is 2. The third-order valence-electron chi connectivity index (χ3n) is 2.51. The maximum Gasteiger partial charge on any atom is 0.323 e. The van der Waals surface area contributed by atoms with Crippen molar-refractivity contribution in [2.45, 2.75) is 0 Å². The number of amides is 2. The predicted octanol–water partition coefficient (Wildman–Crippen LogP) is 3.33. The zero-order valence-corrected chi connectivity index (χ0v) is 11.8. The monoisotopic (exact) mass is 300 g/mol. The van der Waals surface area contributed by atoms with Crippen molar-refractivity contribution >= 4 is 29.0 Å². The Balaban J connectivity index is 2.02. The number of aliphatic hydroxyl groups excluding tert-OH is 1. The van der Waals surface area contributed by atoms with E-state index >= 15 is 0 Å². The van der Waals surface area contributed by atoms with Gasteiger partial charge in [0.05, 0.1) is 0 Å². The van der Waals surface area contributed by atoms with E-state index in [0.29, 0.717) is 22.0 Å². The first kappa shape index (κ1) is 14.9. The van der Waals surface area contributed by atoms with Crippen LogP contribution < -0.4 is 10.6 Å². The van der Waals surface area contributed by atoms with Gasteiger partial charge in [0.1, 0.15) is 6.61 Å². The molecule has 0 aliphatic carbocycles. The summed E-state index contributed by atoms with van der Waals surface area (Å²) in [5, 5.41) is 14.6. The largest absolute Gasteiger partial charge is 0.384 e. The van der Waals surface area contributed by atoms with E-state index in [2.05, 4.69) is 22.5 Å². The minimum Gasteiger partial charge on any atom is -0.384 e. The summed E-state index contributed by atoms with van der Waals surface area (Å²) in [7, 11) is 0. The molecule has 106 valence electrons. The quantitative estimate of drug-likeness (QED) is 0.745. The molecule has 2 rings (SSSR count). The lowest BCUT2D eigenvalue weighted by molar-refractivity contribution is 0.262. The van der Waals surface area contributed by atoms with Crippen LogP contribution in [0.1, 0.15) is 5.56 Å². The van der Waals surface area contributed by atoms with Crippen molar-refractivity contribution in [2.24, 2.45) is 0 Å². The van der Waals surface area contributed by atoms with Crippen LogP contribution in [0, 0.1) is 11.8 Å². The van der Waals surface area contributed by atoms with E-state index in [-0.39, 0.29) is 12.6 Å². The van der Waals surface area contributed by atoms with Gasteiger partial charge in [-0.3, -0.25) is 0 Å². The van der Waals surface area contributed by atoms with Crippen molar-refractivity contribution < 1.29 is 9.90 Å². The summed E-state index contributed by atoms with van der Waals surface area (Å²) in [6, 6.07) is 13.6. The average molecular weight is 301 g/mol. The maximum atomic E-state index is 11.9. The molecule has 0 fully saturated rings. The lowest BCUT2D eigenvalue weighted by Crippen LogP contribution is -2.19. The van der Waals surface area contributed by atoms with Crippen molar-refractivity contribution in [2.75, 3.05) is 17.2 Å². The van der Waals surface area contributed by atoms with Gasteiger partial charge >= 0.3 is 6.03 Å². The van der Waals surface area contributed by atoms with Gasteiger partial charge in [-0.2, -0.15) is 0 Å². The molecule has 0 saturated heterocycles. The molecule has 2 aromatic rings. The summed E-state index contributed by atoms with van der Waals surface area (Å²) in [6.07, 6.45) is 0. The Kier molecular flexibility index (Phi) is 5.22. The second kappa shape index (κ2) is 7.34. The van der Waals surface area contributed by atoms with Crippen molar-refractivity contribution in [3.8, 4) is 11.8 Å². The molecule has 0 radical (unpaired) electrons. The molecule has 2 amide bonds. The van der Waals surface area contributed by atoms with E-state index in [1.165, 1.54) is 0 Å². The highest BCUT2D eigenvalue weighted by Crippen LogP contribution is 2.15. The van der Waals surface area contributed by atoms with Crippen molar-refractivity contribution in [1.29, 1.82) is 0 Å². The van der Waals surface area contributed by atoms with Crippen LogP contribution in [-0.4, -0.2) is 17.7 Å². The van der Waals surface area contributed by atoms with Crippen LogP contribution in [0.3, 0.4) is 0 Å². The van der Waals surface area contributed by atoms with Crippen LogP contribution in [0.15, 0.2) is 48.5 Å². The molecule has 4 nitrogen and oxygen atoms in total. The van der Waals surface area contributed by atoms with Crippen molar-refractivity contribution in [3.63, 3.8) is 0 Å². The van der Waals surface area contributed by atoms with Crippen LogP contribution in [0.5, 0.6) is 0 Å². The molecule has 0 aromatic heterocycles. The maximum absolute atomic E-state index is 11.9. The van der Waals surface area contributed by atoms with E-state index in [1.54, 1.807) is 48.5 Å². The molecule has 0 aliphatic heterocycles. The molecule has 0 atom stereocenters. The van der Waals surface area contributed by atoms with Gasteiger partial charge in [0.2, 0.25) is 0 Å². The molecule has 21 heavy (non-hydrogen) atoms. The lowest BCUT2D eigenvalue weighted by Gasteiger charge is -2.08. The van der Waals surface area contributed by atoms with Gasteiger partial charge in [0.25, 0.3) is 0 Å². The predicted molar refractivity (Wildman–Crippen MR) is 84.5 cm³/mol. The zero-order chi connectivity index (χ0) is 15.1. The molecule has 0 spiro atoms. The number of hydrogen-bond donors (Lipinski definition) is 3. The second-order valence-corrected chi connectivity index (χ2v) is 4.57. The molecule has 0 aliphatic rings. The van der Waals surface area contributed by atoms with E-state index in [1.807, 2.05) is 0 Å². The third kappa shape index (κ3) is 4.84. The van der Waals surface area contributed by atoms with E-state index < -0.39 is 0 Å². The molecule has 0 bridgehead atoms. The SMILES string of the molecule is O=C(Nc1cccc(Cl)c1)Nc1cccc(C#CCO)c1. The fourth-order valence-corrected chi connectivity index (χ4v) is 1.87. The van der Waals surface area contributed by atoms with Crippen LogP contribution in [-0.2, 0) is 0 Å². The summed E-state index contributed by atoms with van der Waals surface area (Å²) in [6.45, 7) is -0.201. The fourth-order valence-electron chi connectivity index (χ4n) is 1.68. The number of rotatable bonds is 2. The minimum atomic E-state index is -0.371. The number of anilines is 2. The summed E-state index contributed by atoms with van der Waals surface area (Å²) in [5.74, 6) is 5.33.